The Morgan fingerprint density at radius 3 is 2.33 bits per heavy atom. The fourth-order valence-electron chi connectivity index (χ4n) is 0.899. The van der Waals surface area contributed by atoms with Crippen molar-refractivity contribution in [2.24, 2.45) is 0 Å². The molecule has 0 aliphatic carbocycles. The van der Waals surface area contributed by atoms with Gasteiger partial charge in [-0.25, -0.2) is 4.39 Å². The van der Waals surface area contributed by atoms with E-state index >= 15 is 0 Å². The monoisotopic (exact) mass is 252 g/mol. The second-order valence-electron chi connectivity index (χ2n) is 2.43. The zero-order valence-electron chi connectivity index (χ0n) is 6.79. The van der Waals surface area contributed by atoms with Crippen LogP contribution in [-0.4, -0.2) is 10.9 Å². The summed E-state index contributed by atoms with van der Waals surface area (Å²) in [7, 11) is 0. The number of aromatic carboxylic acids is 1. The van der Waals surface area contributed by atoms with E-state index in [1.807, 2.05) is 0 Å². The second kappa shape index (κ2) is 4.00. The Labute approximate surface area is 92.2 Å². The minimum atomic E-state index is -1.82. The number of hydrogen-bond acceptors (Lipinski definition) is 4. The standard InChI is InChI=1S/C7H2Cl2FNO4/c8-4-2(7(12)13)1-3(10)5(9)6(4)11(14)15/h1H,(H,12,13)/p-1. The number of carboxylic acids is 1. The lowest BCUT2D eigenvalue weighted by atomic mass is 10.2. The zero-order chi connectivity index (χ0) is 11.7. The second-order valence-corrected chi connectivity index (χ2v) is 3.18. The molecule has 1 rings (SSSR count). The van der Waals surface area contributed by atoms with Crippen LogP contribution in [0.15, 0.2) is 6.07 Å². The lowest BCUT2D eigenvalue weighted by Gasteiger charge is -2.07. The number of nitro groups is 1. The minimum absolute atomic E-state index is 0.465. The van der Waals surface area contributed by atoms with Crippen molar-refractivity contribution < 1.29 is 19.2 Å². The first kappa shape index (κ1) is 11.7. The molecule has 15 heavy (non-hydrogen) atoms. The first-order valence-electron chi connectivity index (χ1n) is 3.39. The predicted octanol–water partition coefficient (Wildman–Crippen LogP) is 1.40. The van der Waals surface area contributed by atoms with E-state index in [9.17, 15) is 24.4 Å². The minimum Gasteiger partial charge on any atom is -0.545 e. The van der Waals surface area contributed by atoms with Crippen molar-refractivity contribution in [2.75, 3.05) is 0 Å². The molecule has 8 heteroatoms. The first-order valence-corrected chi connectivity index (χ1v) is 4.15. The highest BCUT2D eigenvalue weighted by Crippen LogP contribution is 2.36. The molecule has 0 aliphatic rings. The van der Waals surface area contributed by atoms with Crippen molar-refractivity contribution >= 4 is 34.9 Å². The number of hydrogen-bond donors (Lipinski definition) is 0. The Kier molecular flexibility index (Phi) is 3.11. The molecule has 0 heterocycles. The molecule has 0 aliphatic heterocycles. The van der Waals surface area contributed by atoms with Crippen LogP contribution in [-0.2, 0) is 0 Å². The summed E-state index contributed by atoms with van der Waals surface area (Å²) in [6, 6.07) is 0.465. The topological polar surface area (TPSA) is 83.3 Å². The fraction of sp³-hybridized carbons (Fsp3) is 0. The summed E-state index contributed by atoms with van der Waals surface area (Å²) >= 11 is 10.6. The van der Waals surface area contributed by atoms with Gasteiger partial charge in [0.2, 0.25) is 0 Å². The van der Waals surface area contributed by atoms with Crippen LogP contribution in [0.2, 0.25) is 10.0 Å². The maximum absolute atomic E-state index is 13.0. The molecule has 0 saturated heterocycles. The van der Waals surface area contributed by atoms with Crippen molar-refractivity contribution in [2.45, 2.75) is 0 Å². The van der Waals surface area contributed by atoms with Gasteiger partial charge in [0.25, 0.3) is 0 Å². The molecule has 0 aromatic heterocycles. The van der Waals surface area contributed by atoms with E-state index in [4.69, 9.17) is 23.2 Å². The van der Waals surface area contributed by atoms with Crippen LogP contribution in [0.3, 0.4) is 0 Å². The molecule has 5 nitrogen and oxygen atoms in total. The van der Waals surface area contributed by atoms with Crippen molar-refractivity contribution in [3.8, 4) is 0 Å². The molecule has 0 saturated carbocycles. The van der Waals surface area contributed by atoms with E-state index in [1.54, 1.807) is 0 Å². The van der Waals surface area contributed by atoms with Gasteiger partial charge in [-0.1, -0.05) is 23.2 Å². The van der Waals surface area contributed by atoms with Gasteiger partial charge in [-0.3, -0.25) is 10.1 Å². The molecule has 1 aromatic carbocycles. The van der Waals surface area contributed by atoms with Gasteiger partial charge in [0.05, 0.1) is 10.9 Å². The quantitative estimate of drug-likeness (QED) is 0.453. The van der Waals surface area contributed by atoms with Crippen LogP contribution >= 0.6 is 23.2 Å². The van der Waals surface area contributed by atoms with E-state index in [1.165, 1.54) is 0 Å². The summed E-state index contributed by atoms with van der Waals surface area (Å²) in [5.41, 5.74) is -1.80. The Morgan fingerprint density at radius 2 is 1.93 bits per heavy atom. The molecule has 0 unspecified atom stereocenters. The summed E-state index contributed by atoms with van der Waals surface area (Å²) in [5, 5.41) is 19.3. The van der Waals surface area contributed by atoms with E-state index in [0.717, 1.165) is 0 Å². The third-order valence-corrected chi connectivity index (χ3v) is 2.28. The van der Waals surface area contributed by atoms with Crippen molar-refractivity contribution in [3.05, 3.63) is 37.6 Å². The van der Waals surface area contributed by atoms with E-state index < -0.39 is 38.0 Å². The van der Waals surface area contributed by atoms with Gasteiger partial charge in [0.1, 0.15) is 10.8 Å². The molecule has 0 fully saturated rings. The SMILES string of the molecule is O=C([O-])c1cc(F)c(Cl)c([N+](=O)[O-])c1Cl. The zero-order valence-corrected chi connectivity index (χ0v) is 8.30. The number of nitrogens with zero attached hydrogens (tertiary/aromatic N) is 1. The average molecular weight is 253 g/mol. The lowest BCUT2D eigenvalue weighted by molar-refractivity contribution is -0.384. The average Bonchev–Trinajstić information content (AvgIpc) is 2.10. The van der Waals surface area contributed by atoms with Crippen LogP contribution in [0.5, 0.6) is 0 Å². The maximum Gasteiger partial charge on any atom is 0.310 e. The van der Waals surface area contributed by atoms with Gasteiger partial charge in [-0.05, 0) is 6.07 Å². The molecule has 1 aromatic rings. The van der Waals surface area contributed by atoms with Gasteiger partial charge < -0.3 is 9.90 Å². The van der Waals surface area contributed by atoms with E-state index in [-0.39, 0.29) is 0 Å². The van der Waals surface area contributed by atoms with Gasteiger partial charge in [0, 0.05) is 5.56 Å². The van der Waals surface area contributed by atoms with Gasteiger partial charge in [-0.15, -0.1) is 0 Å². The van der Waals surface area contributed by atoms with Crippen molar-refractivity contribution in [1.29, 1.82) is 0 Å². The molecule has 0 atom stereocenters. The smallest absolute Gasteiger partial charge is 0.310 e. The number of carboxylic acid groups (broad SMARTS) is 1. The molecular weight excluding hydrogens is 252 g/mol. The summed E-state index contributed by atoms with van der Waals surface area (Å²) in [4.78, 5) is 19.8. The molecule has 0 spiro atoms. The molecule has 0 radical (unpaired) electrons. The Morgan fingerprint density at radius 1 is 1.40 bits per heavy atom. The first-order chi connectivity index (χ1) is 6.86. The van der Waals surface area contributed by atoms with E-state index in [0.29, 0.717) is 6.07 Å². The molecule has 0 bridgehead atoms. The fourth-order valence-corrected chi connectivity index (χ4v) is 1.46. The van der Waals surface area contributed by atoms with Crippen LogP contribution in [0.1, 0.15) is 10.4 Å². The van der Waals surface area contributed by atoms with Gasteiger partial charge in [0.15, 0.2) is 5.02 Å². The number of nitro benzene ring substituents is 1. The summed E-state index contributed by atoms with van der Waals surface area (Å²) in [6.45, 7) is 0. The summed E-state index contributed by atoms with van der Waals surface area (Å²) < 4.78 is 13.0. The van der Waals surface area contributed by atoms with Crippen LogP contribution in [0.4, 0.5) is 10.1 Å². The normalized spacial score (nSPS) is 10.1. The van der Waals surface area contributed by atoms with Crippen molar-refractivity contribution in [1.82, 2.24) is 0 Å². The summed E-state index contributed by atoms with van der Waals surface area (Å²) in [5.74, 6) is -3.06. The van der Waals surface area contributed by atoms with E-state index in [2.05, 4.69) is 0 Å². The molecule has 0 N–H and O–H groups in total. The highest BCUT2D eigenvalue weighted by atomic mass is 35.5. The number of carbonyl (C=O) groups excluding carboxylic acids is 1. The lowest BCUT2D eigenvalue weighted by Crippen LogP contribution is -2.23. The Hall–Kier alpha value is -1.40. The van der Waals surface area contributed by atoms with Crippen LogP contribution < -0.4 is 5.11 Å². The predicted molar refractivity (Wildman–Crippen MR) is 47.4 cm³/mol. The Bertz CT molecular complexity index is 463. The molecular formula is C7HCl2FNO4-. The van der Waals surface area contributed by atoms with Gasteiger partial charge >= 0.3 is 5.69 Å². The van der Waals surface area contributed by atoms with Crippen molar-refractivity contribution in [3.63, 3.8) is 0 Å². The number of halogens is 3. The highest BCUT2D eigenvalue weighted by Gasteiger charge is 2.25. The Balaban J connectivity index is 3.63. The third-order valence-electron chi connectivity index (χ3n) is 1.54. The molecule has 80 valence electrons. The third kappa shape index (κ3) is 2.00. The number of benzene rings is 1. The summed E-state index contributed by atoms with van der Waals surface area (Å²) in [6.07, 6.45) is 0. The van der Waals surface area contributed by atoms with Crippen LogP contribution in [0, 0.1) is 15.9 Å². The number of rotatable bonds is 2. The molecule has 0 amide bonds. The largest absolute Gasteiger partial charge is 0.545 e. The van der Waals surface area contributed by atoms with Crippen LogP contribution in [0.25, 0.3) is 0 Å². The highest BCUT2D eigenvalue weighted by molar-refractivity contribution is 6.40. The van der Waals surface area contributed by atoms with Gasteiger partial charge in [-0.2, -0.15) is 0 Å². The number of carbonyl (C=O) groups is 1. The maximum atomic E-state index is 13.0.